The van der Waals surface area contributed by atoms with Crippen LogP contribution < -0.4 is 5.73 Å². The molecular weight excluding hydrogens is 249 g/mol. The quantitative estimate of drug-likeness (QED) is 0.815. The molecule has 0 aromatic heterocycles. The fourth-order valence-corrected chi connectivity index (χ4v) is 2.10. The molecule has 14 heavy (non-hydrogen) atoms. The Bertz CT molecular complexity index is 377. The molecule has 0 spiro atoms. The molecule has 0 saturated heterocycles. The first-order chi connectivity index (χ1) is 6.54. The van der Waals surface area contributed by atoms with Crippen LogP contribution in [0.3, 0.4) is 0 Å². The van der Waals surface area contributed by atoms with Crippen molar-refractivity contribution in [3.8, 4) is 5.75 Å². The van der Waals surface area contributed by atoms with E-state index in [4.69, 9.17) is 5.73 Å². The Kier molecular flexibility index (Phi) is 2.27. The fraction of sp³-hybridized carbons (Fsp3) is 0.400. The number of hydrogen-bond acceptors (Lipinski definition) is 2. The van der Waals surface area contributed by atoms with Crippen molar-refractivity contribution in [2.75, 3.05) is 0 Å². The van der Waals surface area contributed by atoms with Crippen LogP contribution in [0.15, 0.2) is 16.6 Å². The first kappa shape index (κ1) is 9.93. The van der Waals surface area contributed by atoms with E-state index in [9.17, 15) is 9.50 Å². The molecule has 1 saturated carbocycles. The number of phenolic OH excluding ortho intramolecular Hbond substituents is 1. The van der Waals surface area contributed by atoms with Crippen molar-refractivity contribution < 1.29 is 9.50 Å². The van der Waals surface area contributed by atoms with Crippen LogP contribution in [0.2, 0.25) is 0 Å². The second-order valence-corrected chi connectivity index (χ2v) is 4.56. The number of halogens is 2. The zero-order valence-corrected chi connectivity index (χ0v) is 9.14. The molecule has 0 unspecified atom stereocenters. The summed E-state index contributed by atoms with van der Waals surface area (Å²) in [6.45, 7) is 0. The van der Waals surface area contributed by atoms with Crippen LogP contribution in [0.1, 0.15) is 24.8 Å². The van der Waals surface area contributed by atoms with Crippen molar-refractivity contribution in [1.82, 2.24) is 0 Å². The molecule has 1 aromatic carbocycles. The lowest BCUT2D eigenvalue weighted by atomic mass is 9.72. The average Bonchev–Trinajstić information content (AvgIpc) is 2.11. The summed E-state index contributed by atoms with van der Waals surface area (Å²) >= 11 is 3.00. The van der Waals surface area contributed by atoms with Gasteiger partial charge in [-0.15, -0.1) is 0 Å². The molecule has 0 amide bonds. The van der Waals surface area contributed by atoms with E-state index in [2.05, 4.69) is 15.9 Å². The second kappa shape index (κ2) is 3.21. The van der Waals surface area contributed by atoms with Crippen molar-refractivity contribution in [3.63, 3.8) is 0 Å². The lowest BCUT2D eigenvalue weighted by Gasteiger charge is -2.38. The number of rotatable bonds is 1. The molecular formula is C10H11BrFNO. The Morgan fingerprint density at radius 2 is 2.07 bits per heavy atom. The summed E-state index contributed by atoms with van der Waals surface area (Å²) < 4.78 is 13.8. The van der Waals surface area contributed by atoms with Gasteiger partial charge in [0.2, 0.25) is 0 Å². The summed E-state index contributed by atoms with van der Waals surface area (Å²) in [5.74, 6) is -0.527. The number of aromatic hydroxyl groups is 1. The Labute approximate surface area is 90.1 Å². The summed E-state index contributed by atoms with van der Waals surface area (Å²) in [6.07, 6.45) is 2.65. The molecule has 0 atom stereocenters. The Hall–Kier alpha value is -0.610. The third kappa shape index (κ3) is 1.33. The molecule has 0 radical (unpaired) electrons. The Morgan fingerprint density at radius 1 is 1.43 bits per heavy atom. The maximum Gasteiger partial charge on any atom is 0.146 e. The third-order valence-electron chi connectivity index (χ3n) is 2.84. The molecule has 3 N–H and O–H groups in total. The standard InChI is InChI=1S/C10H11BrFNO/c11-8-7(14)3-2-6(9(8)12)10(13)4-1-5-10/h2-3,14H,1,4-5,13H2. The lowest BCUT2D eigenvalue weighted by molar-refractivity contribution is 0.244. The highest BCUT2D eigenvalue weighted by Gasteiger charge is 2.37. The van der Waals surface area contributed by atoms with Gasteiger partial charge in [-0.25, -0.2) is 4.39 Å². The molecule has 1 fully saturated rings. The van der Waals surface area contributed by atoms with E-state index in [0.29, 0.717) is 5.56 Å². The van der Waals surface area contributed by atoms with Crippen molar-refractivity contribution in [1.29, 1.82) is 0 Å². The van der Waals surface area contributed by atoms with Crippen LogP contribution in [-0.4, -0.2) is 5.11 Å². The SMILES string of the molecule is NC1(c2ccc(O)c(Br)c2F)CCC1. The Morgan fingerprint density at radius 3 is 2.57 bits per heavy atom. The number of hydrogen-bond donors (Lipinski definition) is 2. The molecule has 1 aliphatic carbocycles. The Balaban J connectivity index is 2.49. The van der Waals surface area contributed by atoms with Gasteiger partial charge >= 0.3 is 0 Å². The van der Waals surface area contributed by atoms with Gasteiger partial charge in [-0.05, 0) is 41.3 Å². The van der Waals surface area contributed by atoms with Gasteiger partial charge in [-0.2, -0.15) is 0 Å². The molecule has 2 rings (SSSR count). The van der Waals surface area contributed by atoms with Crippen molar-refractivity contribution in [2.24, 2.45) is 5.73 Å². The van der Waals surface area contributed by atoms with Crippen LogP contribution >= 0.6 is 15.9 Å². The maximum atomic E-state index is 13.7. The lowest BCUT2D eigenvalue weighted by Crippen LogP contribution is -2.44. The third-order valence-corrected chi connectivity index (χ3v) is 3.60. The van der Waals surface area contributed by atoms with Gasteiger partial charge < -0.3 is 10.8 Å². The molecule has 0 bridgehead atoms. The molecule has 0 aliphatic heterocycles. The minimum absolute atomic E-state index is 0.0887. The molecule has 76 valence electrons. The van der Waals surface area contributed by atoms with Gasteiger partial charge in [-0.1, -0.05) is 6.07 Å². The van der Waals surface area contributed by atoms with E-state index in [0.717, 1.165) is 19.3 Å². The van der Waals surface area contributed by atoms with Gasteiger partial charge in [0, 0.05) is 11.1 Å². The first-order valence-electron chi connectivity index (χ1n) is 4.51. The largest absolute Gasteiger partial charge is 0.507 e. The second-order valence-electron chi connectivity index (χ2n) is 3.77. The molecule has 1 aromatic rings. The zero-order valence-electron chi connectivity index (χ0n) is 7.56. The maximum absolute atomic E-state index is 13.7. The summed E-state index contributed by atoms with van der Waals surface area (Å²) in [4.78, 5) is 0. The predicted molar refractivity (Wildman–Crippen MR) is 55.5 cm³/mol. The van der Waals surface area contributed by atoms with E-state index in [1.54, 1.807) is 6.07 Å². The topological polar surface area (TPSA) is 46.2 Å². The summed E-state index contributed by atoms with van der Waals surface area (Å²) in [6, 6.07) is 3.03. The molecule has 2 nitrogen and oxygen atoms in total. The van der Waals surface area contributed by atoms with Gasteiger partial charge in [0.25, 0.3) is 0 Å². The fourth-order valence-electron chi connectivity index (χ4n) is 1.75. The van der Waals surface area contributed by atoms with Crippen LogP contribution in [0.4, 0.5) is 4.39 Å². The van der Waals surface area contributed by atoms with Crippen molar-refractivity contribution >= 4 is 15.9 Å². The van der Waals surface area contributed by atoms with Gasteiger partial charge in [0.15, 0.2) is 0 Å². The van der Waals surface area contributed by atoms with E-state index in [-0.39, 0.29) is 10.2 Å². The van der Waals surface area contributed by atoms with E-state index in [1.165, 1.54) is 6.07 Å². The smallest absolute Gasteiger partial charge is 0.146 e. The first-order valence-corrected chi connectivity index (χ1v) is 5.30. The predicted octanol–water partition coefficient (Wildman–Crippen LogP) is 2.63. The van der Waals surface area contributed by atoms with Crippen LogP contribution in [0.5, 0.6) is 5.75 Å². The van der Waals surface area contributed by atoms with E-state index >= 15 is 0 Å². The molecule has 1 aliphatic rings. The van der Waals surface area contributed by atoms with Gasteiger partial charge in [0.1, 0.15) is 11.6 Å². The minimum atomic E-state index is -0.527. The number of benzene rings is 1. The summed E-state index contributed by atoms with van der Waals surface area (Å²) in [7, 11) is 0. The minimum Gasteiger partial charge on any atom is -0.507 e. The summed E-state index contributed by atoms with van der Waals surface area (Å²) in [5.41, 5.74) is 5.97. The zero-order chi connectivity index (χ0) is 10.3. The van der Waals surface area contributed by atoms with Crippen molar-refractivity contribution in [2.45, 2.75) is 24.8 Å². The van der Waals surface area contributed by atoms with E-state index in [1.807, 2.05) is 0 Å². The highest BCUT2D eigenvalue weighted by atomic mass is 79.9. The van der Waals surface area contributed by atoms with Crippen LogP contribution in [-0.2, 0) is 5.54 Å². The molecule has 4 heteroatoms. The molecule has 0 heterocycles. The van der Waals surface area contributed by atoms with Crippen LogP contribution in [0, 0.1) is 5.82 Å². The van der Waals surface area contributed by atoms with E-state index < -0.39 is 11.4 Å². The van der Waals surface area contributed by atoms with Crippen LogP contribution in [0.25, 0.3) is 0 Å². The van der Waals surface area contributed by atoms with Gasteiger partial charge in [-0.3, -0.25) is 0 Å². The number of nitrogens with two attached hydrogens (primary N) is 1. The van der Waals surface area contributed by atoms with Gasteiger partial charge in [0.05, 0.1) is 4.47 Å². The van der Waals surface area contributed by atoms with Crippen molar-refractivity contribution in [3.05, 3.63) is 28.0 Å². The monoisotopic (exact) mass is 259 g/mol. The highest BCUT2D eigenvalue weighted by molar-refractivity contribution is 9.10. The normalized spacial score (nSPS) is 19.1. The average molecular weight is 260 g/mol. The number of phenols is 1. The highest BCUT2D eigenvalue weighted by Crippen LogP contribution is 2.42. The summed E-state index contributed by atoms with van der Waals surface area (Å²) in [5, 5.41) is 9.25.